The molecule has 2 bridgehead atoms. The molecule has 4 aliphatic heterocycles. The SMILES string of the molecule is CC12COC(C3=NOC(c4ccccc4)C3)(OC1)OC2. The molecule has 0 spiro atoms. The van der Waals surface area contributed by atoms with Gasteiger partial charge in [-0.3, -0.25) is 0 Å². The first-order chi connectivity index (χ1) is 9.69. The molecule has 4 aliphatic rings. The van der Waals surface area contributed by atoms with E-state index in [1.807, 2.05) is 30.3 Å². The van der Waals surface area contributed by atoms with E-state index in [0.29, 0.717) is 32.0 Å². The molecule has 20 heavy (non-hydrogen) atoms. The monoisotopic (exact) mass is 275 g/mol. The Bertz CT molecular complexity index is 518. The van der Waals surface area contributed by atoms with Crippen molar-refractivity contribution >= 4 is 5.71 Å². The van der Waals surface area contributed by atoms with Crippen molar-refractivity contribution < 1.29 is 19.0 Å². The highest BCUT2D eigenvalue weighted by molar-refractivity contribution is 5.91. The largest absolute Gasteiger partial charge is 0.387 e. The van der Waals surface area contributed by atoms with Crippen LogP contribution in [0.3, 0.4) is 0 Å². The number of rotatable bonds is 2. The fraction of sp³-hybridized carbons (Fsp3) is 0.533. The minimum atomic E-state index is -1.12. The summed E-state index contributed by atoms with van der Waals surface area (Å²) in [6.45, 7) is 3.97. The Balaban J connectivity index is 1.51. The van der Waals surface area contributed by atoms with E-state index < -0.39 is 5.97 Å². The lowest BCUT2D eigenvalue weighted by molar-refractivity contribution is -0.430. The smallest absolute Gasteiger partial charge is 0.329 e. The van der Waals surface area contributed by atoms with E-state index in [-0.39, 0.29) is 11.5 Å². The van der Waals surface area contributed by atoms with Gasteiger partial charge in [0.25, 0.3) is 0 Å². The number of oxime groups is 1. The standard InChI is InChI=1S/C15H17NO4/c1-14-8-17-15(18-9-14,19-10-14)13-7-12(20-16-13)11-5-3-2-4-6-11/h2-6,12H,7-10H2,1H3. The Morgan fingerprint density at radius 2 is 1.70 bits per heavy atom. The number of ether oxygens (including phenoxy) is 3. The third-order valence-corrected chi connectivity index (χ3v) is 4.03. The van der Waals surface area contributed by atoms with Gasteiger partial charge in [0.1, 0.15) is 0 Å². The van der Waals surface area contributed by atoms with Gasteiger partial charge >= 0.3 is 5.97 Å². The average Bonchev–Trinajstić information content (AvgIpc) is 3.00. The first-order valence-electron chi connectivity index (χ1n) is 6.89. The van der Waals surface area contributed by atoms with Gasteiger partial charge < -0.3 is 19.0 Å². The fourth-order valence-corrected chi connectivity index (χ4v) is 2.71. The van der Waals surface area contributed by atoms with E-state index in [2.05, 4.69) is 12.1 Å². The van der Waals surface area contributed by atoms with Crippen LogP contribution in [0.15, 0.2) is 35.5 Å². The summed E-state index contributed by atoms with van der Waals surface area (Å²) in [6, 6.07) is 10.0. The molecule has 1 atom stereocenters. The molecule has 0 saturated carbocycles. The number of hydrogen-bond donors (Lipinski definition) is 0. The number of hydrogen-bond acceptors (Lipinski definition) is 5. The summed E-state index contributed by atoms with van der Waals surface area (Å²) >= 11 is 0. The highest BCUT2D eigenvalue weighted by Gasteiger charge is 2.55. The summed E-state index contributed by atoms with van der Waals surface area (Å²) in [5, 5.41) is 4.15. The Morgan fingerprint density at radius 3 is 2.35 bits per heavy atom. The summed E-state index contributed by atoms with van der Waals surface area (Å²) in [5.41, 5.74) is 1.74. The van der Waals surface area contributed by atoms with Gasteiger partial charge in [-0.15, -0.1) is 0 Å². The summed E-state index contributed by atoms with van der Waals surface area (Å²) in [5.74, 6) is -1.12. The summed E-state index contributed by atoms with van der Waals surface area (Å²) < 4.78 is 17.3. The van der Waals surface area contributed by atoms with Crippen LogP contribution in [0.2, 0.25) is 0 Å². The predicted molar refractivity (Wildman–Crippen MR) is 71.0 cm³/mol. The Labute approximate surface area is 117 Å². The van der Waals surface area contributed by atoms with E-state index in [1.165, 1.54) is 0 Å². The molecule has 1 unspecified atom stereocenters. The van der Waals surface area contributed by atoms with Gasteiger partial charge in [0, 0.05) is 11.8 Å². The Kier molecular flexibility index (Phi) is 2.64. The van der Waals surface area contributed by atoms with E-state index in [4.69, 9.17) is 19.0 Å². The zero-order chi connectivity index (χ0) is 13.6. The highest BCUT2D eigenvalue weighted by Crippen LogP contribution is 2.42. The van der Waals surface area contributed by atoms with Crippen LogP contribution in [0.5, 0.6) is 0 Å². The highest BCUT2D eigenvalue weighted by atomic mass is 16.9. The van der Waals surface area contributed by atoms with E-state index in [1.54, 1.807) is 0 Å². The maximum Gasteiger partial charge on any atom is 0.329 e. The van der Waals surface area contributed by atoms with Gasteiger partial charge in [0.15, 0.2) is 11.8 Å². The van der Waals surface area contributed by atoms with Crippen LogP contribution in [0.4, 0.5) is 0 Å². The van der Waals surface area contributed by atoms with Crippen LogP contribution in [-0.4, -0.2) is 31.5 Å². The summed E-state index contributed by atoms with van der Waals surface area (Å²) in [7, 11) is 0. The van der Waals surface area contributed by atoms with Gasteiger partial charge in [-0.05, 0) is 5.56 Å². The van der Waals surface area contributed by atoms with Gasteiger partial charge in [0.05, 0.1) is 19.8 Å². The minimum absolute atomic E-state index is 0.0411. The van der Waals surface area contributed by atoms with E-state index >= 15 is 0 Å². The van der Waals surface area contributed by atoms with E-state index in [0.717, 1.165) is 5.56 Å². The van der Waals surface area contributed by atoms with Gasteiger partial charge in [0.2, 0.25) is 0 Å². The van der Waals surface area contributed by atoms with Crippen molar-refractivity contribution in [2.75, 3.05) is 19.8 Å². The van der Waals surface area contributed by atoms with Crippen molar-refractivity contribution in [3.05, 3.63) is 35.9 Å². The maximum atomic E-state index is 5.78. The summed E-state index contributed by atoms with van der Waals surface area (Å²) in [6.07, 6.45) is 0.535. The molecule has 0 aliphatic carbocycles. The number of benzene rings is 1. The third kappa shape index (κ3) is 1.85. The van der Waals surface area contributed by atoms with Crippen molar-refractivity contribution in [2.45, 2.75) is 25.4 Å². The van der Waals surface area contributed by atoms with E-state index in [9.17, 15) is 0 Å². The minimum Gasteiger partial charge on any atom is -0.387 e. The second-order valence-electron chi connectivity index (χ2n) is 5.98. The van der Waals surface area contributed by atoms with Crippen LogP contribution < -0.4 is 0 Å². The van der Waals surface area contributed by atoms with Crippen LogP contribution in [0, 0.1) is 5.41 Å². The molecule has 0 N–H and O–H groups in total. The molecule has 4 heterocycles. The van der Waals surface area contributed by atoms with Gasteiger partial charge in [-0.1, -0.05) is 42.4 Å². The topological polar surface area (TPSA) is 49.3 Å². The van der Waals surface area contributed by atoms with Crippen LogP contribution >= 0.6 is 0 Å². The normalized spacial score (nSPS) is 39.5. The lowest BCUT2D eigenvalue weighted by Crippen LogP contribution is -2.62. The molecule has 5 nitrogen and oxygen atoms in total. The molecule has 3 fully saturated rings. The maximum absolute atomic E-state index is 5.78. The fourth-order valence-electron chi connectivity index (χ4n) is 2.71. The molecule has 106 valence electrons. The van der Waals surface area contributed by atoms with Crippen molar-refractivity contribution in [3.8, 4) is 0 Å². The summed E-state index contributed by atoms with van der Waals surface area (Å²) in [4.78, 5) is 5.52. The lowest BCUT2D eigenvalue weighted by atomic mass is 9.91. The van der Waals surface area contributed by atoms with Crippen LogP contribution in [0.1, 0.15) is 25.0 Å². The third-order valence-electron chi connectivity index (χ3n) is 4.03. The zero-order valence-electron chi connectivity index (χ0n) is 11.4. The molecular weight excluding hydrogens is 258 g/mol. The Morgan fingerprint density at radius 1 is 1.05 bits per heavy atom. The van der Waals surface area contributed by atoms with Crippen molar-refractivity contribution in [2.24, 2.45) is 10.6 Å². The van der Waals surface area contributed by atoms with Crippen LogP contribution in [0.25, 0.3) is 0 Å². The Hall–Kier alpha value is -1.43. The molecular formula is C15H17NO4. The predicted octanol–water partition coefficient (Wildman–Crippen LogP) is 2.24. The first-order valence-corrected chi connectivity index (χ1v) is 6.89. The molecule has 0 amide bonds. The lowest BCUT2D eigenvalue weighted by Gasteiger charge is -2.49. The second-order valence-corrected chi connectivity index (χ2v) is 5.98. The molecule has 0 aromatic heterocycles. The molecule has 5 heteroatoms. The van der Waals surface area contributed by atoms with Gasteiger partial charge in [-0.25, -0.2) is 0 Å². The molecule has 3 saturated heterocycles. The van der Waals surface area contributed by atoms with Crippen molar-refractivity contribution in [3.63, 3.8) is 0 Å². The molecule has 5 rings (SSSR count). The molecule has 1 aromatic carbocycles. The number of nitrogens with zero attached hydrogens (tertiary/aromatic N) is 1. The van der Waals surface area contributed by atoms with Gasteiger partial charge in [-0.2, -0.15) is 0 Å². The second kappa shape index (κ2) is 4.28. The van der Waals surface area contributed by atoms with Crippen LogP contribution in [-0.2, 0) is 19.0 Å². The van der Waals surface area contributed by atoms with Crippen molar-refractivity contribution in [1.82, 2.24) is 0 Å². The number of fused-ring (bicyclic) bond motifs is 3. The zero-order valence-corrected chi connectivity index (χ0v) is 11.4. The van der Waals surface area contributed by atoms with Crippen molar-refractivity contribution in [1.29, 1.82) is 0 Å². The molecule has 0 radical (unpaired) electrons. The first kappa shape index (κ1) is 12.3. The molecule has 1 aromatic rings. The quantitative estimate of drug-likeness (QED) is 0.830. The average molecular weight is 275 g/mol.